The zero-order valence-corrected chi connectivity index (χ0v) is 22.0. The van der Waals surface area contributed by atoms with E-state index in [0.717, 1.165) is 31.5 Å². The lowest BCUT2D eigenvalue weighted by atomic mass is 10.0. The van der Waals surface area contributed by atoms with E-state index in [1.807, 2.05) is 30.3 Å². The van der Waals surface area contributed by atoms with Crippen molar-refractivity contribution in [1.29, 1.82) is 0 Å². The number of urea groups is 1. The second-order valence-corrected chi connectivity index (χ2v) is 10.6. The maximum Gasteiger partial charge on any atom is 0.315 e. The Morgan fingerprint density at radius 1 is 1.03 bits per heavy atom. The number of fused-ring (bicyclic) bond motifs is 1. The molecule has 0 aliphatic carbocycles. The number of carbonyl (C=O) groups is 1. The molecule has 2 saturated heterocycles. The molecule has 3 heterocycles. The van der Waals surface area contributed by atoms with Crippen LogP contribution in [0.4, 0.5) is 4.79 Å². The number of halogens is 1. The Morgan fingerprint density at radius 3 is 2.57 bits per heavy atom. The molecule has 37 heavy (non-hydrogen) atoms. The third-order valence-electron chi connectivity index (χ3n) is 7.57. The van der Waals surface area contributed by atoms with E-state index >= 15 is 0 Å². The number of likely N-dealkylation sites (tertiary alicyclic amines) is 2. The fraction of sp³-hybridized carbons (Fsp3) is 0.536. The fourth-order valence-electron chi connectivity index (χ4n) is 5.56. The first-order valence-corrected chi connectivity index (χ1v) is 13.8. The molecule has 2 aromatic rings. The van der Waals surface area contributed by atoms with Gasteiger partial charge in [-0.15, -0.1) is 0 Å². The monoisotopic (exact) mass is 528 g/mol. The summed E-state index contributed by atoms with van der Waals surface area (Å²) in [5, 5.41) is 18.1. The zero-order chi connectivity index (χ0) is 25.6. The summed E-state index contributed by atoms with van der Waals surface area (Å²) in [5.41, 5.74) is 1.65. The minimum absolute atomic E-state index is 0.313. The van der Waals surface area contributed by atoms with Gasteiger partial charge < -0.3 is 30.1 Å². The van der Waals surface area contributed by atoms with Crippen molar-refractivity contribution >= 4 is 17.6 Å². The minimum Gasteiger partial charge on any atom is -0.486 e. The molecule has 5 rings (SSSR count). The third-order valence-corrected chi connectivity index (χ3v) is 7.82. The van der Waals surface area contributed by atoms with Crippen LogP contribution in [0.2, 0.25) is 5.02 Å². The van der Waals surface area contributed by atoms with Crippen LogP contribution in [0.15, 0.2) is 42.5 Å². The molecule has 0 bridgehead atoms. The number of hydrogen-bond donors (Lipinski definition) is 3. The number of nitrogens with one attached hydrogen (secondary N) is 2. The van der Waals surface area contributed by atoms with Gasteiger partial charge in [0.15, 0.2) is 11.5 Å². The molecule has 0 radical (unpaired) electrons. The minimum atomic E-state index is -0.898. The summed E-state index contributed by atoms with van der Waals surface area (Å²) in [6.45, 7) is 6.29. The molecule has 2 amide bonds. The van der Waals surface area contributed by atoms with Crippen molar-refractivity contribution in [2.75, 3.05) is 45.9 Å². The van der Waals surface area contributed by atoms with Crippen molar-refractivity contribution < 1.29 is 19.4 Å². The molecule has 8 nitrogen and oxygen atoms in total. The Hall–Kier alpha value is -2.52. The van der Waals surface area contributed by atoms with Gasteiger partial charge in [-0.2, -0.15) is 0 Å². The van der Waals surface area contributed by atoms with Crippen molar-refractivity contribution in [1.82, 2.24) is 20.4 Å². The van der Waals surface area contributed by atoms with Gasteiger partial charge in [-0.3, -0.25) is 4.90 Å². The van der Waals surface area contributed by atoms with Crippen LogP contribution in [0.1, 0.15) is 42.9 Å². The topological polar surface area (TPSA) is 86.3 Å². The molecule has 0 spiro atoms. The van der Waals surface area contributed by atoms with Crippen LogP contribution in [0.25, 0.3) is 0 Å². The lowest BCUT2D eigenvalue weighted by molar-refractivity contribution is 0.0927. The first-order chi connectivity index (χ1) is 18.0. The number of amides is 2. The lowest BCUT2D eigenvalue weighted by Crippen LogP contribution is -2.52. The van der Waals surface area contributed by atoms with E-state index in [9.17, 15) is 9.90 Å². The van der Waals surface area contributed by atoms with Crippen molar-refractivity contribution in [3.8, 4) is 11.5 Å². The zero-order valence-electron chi connectivity index (χ0n) is 21.2. The van der Waals surface area contributed by atoms with Crippen LogP contribution in [0, 0.1) is 0 Å². The van der Waals surface area contributed by atoms with Crippen LogP contribution in [-0.2, 0) is 6.54 Å². The normalized spacial score (nSPS) is 21.5. The predicted molar refractivity (Wildman–Crippen MR) is 143 cm³/mol. The maximum absolute atomic E-state index is 13.0. The molecule has 3 aliphatic rings. The van der Waals surface area contributed by atoms with Gasteiger partial charge >= 0.3 is 6.03 Å². The lowest BCUT2D eigenvalue weighted by Gasteiger charge is -2.34. The fourth-order valence-corrected chi connectivity index (χ4v) is 5.69. The smallest absolute Gasteiger partial charge is 0.315 e. The molecular formula is C28H37ClN4O4. The van der Waals surface area contributed by atoms with Crippen molar-refractivity contribution in [3.05, 3.63) is 58.6 Å². The SMILES string of the molecule is O=C(NCc1ccc(Cl)cc1)N[C@H](CN1CCCC1CN1CCCC1)[C@H](O)c1ccc2c(c1)OCCO2. The number of aliphatic hydroxyl groups is 1. The summed E-state index contributed by atoms with van der Waals surface area (Å²) in [7, 11) is 0. The quantitative estimate of drug-likeness (QED) is 0.461. The van der Waals surface area contributed by atoms with Gasteiger partial charge in [0.1, 0.15) is 19.3 Å². The largest absolute Gasteiger partial charge is 0.486 e. The second-order valence-electron chi connectivity index (χ2n) is 10.2. The maximum atomic E-state index is 13.0. The number of rotatable bonds is 9. The average Bonchev–Trinajstić information content (AvgIpc) is 3.60. The molecular weight excluding hydrogens is 492 g/mol. The van der Waals surface area contributed by atoms with E-state index in [1.165, 1.54) is 25.9 Å². The summed E-state index contributed by atoms with van der Waals surface area (Å²) in [4.78, 5) is 17.9. The van der Waals surface area contributed by atoms with Gasteiger partial charge in [0.25, 0.3) is 0 Å². The highest BCUT2D eigenvalue weighted by atomic mass is 35.5. The second kappa shape index (κ2) is 12.3. The first-order valence-electron chi connectivity index (χ1n) is 13.4. The number of carbonyl (C=O) groups excluding carboxylic acids is 1. The molecule has 2 fully saturated rings. The molecule has 0 aromatic heterocycles. The summed E-state index contributed by atoms with van der Waals surface area (Å²) in [6, 6.07) is 12.5. The summed E-state index contributed by atoms with van der Waals surface area (Å²) in [5.74, 6) is 1.31. The summed E-state index contributed by atoms with van der Waals surface area (Å²) in [6.07, 6.45) is 3.92. The Balaban J connectivity index is 1.28. The Kier molecular flexibility index (Phi) is 8.71. The Labute approximate surface area is 223 Å². The van der Waals surface area contributed by atoms with Crippen LogP contribution in [-0.4, -0.2) is 79.0 Å². The van der Waals surface area contributed by atoms with Crippen LogP contribution in [0.5, 0.6) is 11.5 Å². The van der Waals surface area contributed by atoms with E-state index in [1.54, 1.807) is 12.1 Å². The average molecular weight is 529 g/mol. The van der Waals surface area contributed by atoms with Crippen molar-refractivity contribution in [2.45, 2.75) is 50.4 Å². The predicted octanol–water partition coefficient (Wildman–Crippen LogP) is 3.57. The van der Waals surface area contributed by atoms with Crippen molar-refractivity contribution in [2.24, 2.45) is 0 Å². The van der Waals surface area contributed by atoms with Gasteiger partial charge in [-0.25, -0.2) is 4.79 Å². The van der Waals surface area contributed by atoms with Gasteiger partial charge in [-0.1, -0.05) is 29.8 Å². The van der Waals surface area contributed by atoms with Crippen molar-refractivity contribution in [3.63, 3.8) is 0 Å². The summed E-state index contributed by atoms with van der Waals surface area (Å²) < 4.78 is 11.4. The van der Waals surface area contributed by atoms with E-state index in [0.29, 0.717) is 54.4 Å². The summed E-state index contributed by atoms with van der Waals surface area (Å²) >= 11 is 5.97. The Morgan fingerprint density at radius 2 is 1.78 bits per heavy atom. The van der Waals surface area contributed by atoms with E-state index < -0.39 is 12.1 Å². The van der Waals surface area contributed by atoms with E-state index in [4.69, 9.17) is 21.1 Å². The Bertz CT molecular complexity index is 1050. The number of hydrogen-bond acceptors (Lipinski definition) is 6. The first kappa shape index (κ1) is 26.1. The van der Waals surface area contributed by atoms with Gasteiger partial charge in [-0.05, 0) is 80.7 Å². The molecule has 1 unspecified atom stereocenters. The van der Waals surface area contributed by atoms with Crippen LogP contribution >= 0.6 is 11.6 Å². The molecule has 3 aliphatic heterocycles. The standard InChI is InChI=1S/C28H37ClN4O4/c29-22-8-5-20(6-9-22)17-30-28(35)31-24(19-33-13-3-4-23(33)18-32-11-1-2-12-32)27(34)21-7-10-25-26(16-21)37-15-14-36-25/h5-10,16,23-24,27,34H,1-4,11-15,17-19H2,(H2,30,31,35)/t23?,24-,27-/m1/s1. The molecule has 3 atom stereocenters. The van der Waals surface area contributed by atoms with Crippen LogP contribution in [0.3, 0.4) is 0 Å². The molecule has 3 N–H and O–H groups in total. The van der Waals surface area contributed by atoms with Gasteiger partial charge in [0.2, 0.25) is 0 Å². The number of aliphatic hydroxyl groups excluding tert-OH is 1. The van der Waals surface area contributed by atoms with Gasteiger partial charge in [0, 0.05) is 30.7 Å². The van der Waals surface area contributed by atoms with E-state index in [-0.39, 0.29) is 6.03 Å². The number of benzene rings is 2. The third kappa shape index (κ3) is 6.87. The van der Waals surface area contributed by atoms with Gasteiger partial charge in [0.05, 0.1) is 6.04 Å². The molecule has 2 aromatic carbocycles. The highest BCUT2D eigenvalue weighted by Gasteiger charge is 2.33. The molecule has 9 heteroatoms. The molecule has 0 saturated carbocycles. The number of nitrogens with zero attached hydrogens (tertiary/aromatic N) is 2. The highest BCUT2D eigenvalue weighted by molar-refractivity contribution is 6.30. The highest BCUT2D eigenvalue weighted by Crippen LogP contribution is 2.34. The van der Waals surface area contributed by atoms with E-state index in [2.05, 4.69) is 20.4 Å². The van der Waals surface area contributed by atoms with Crippen LogP contribution < -0.4 is 20.1 Å². The number of ether oxygens (including phenoxy) is 2. The molecule has 200 valence electrons.